The third-order valence-corrected chi connectivity index (χ3v) is 2.67. The molecule has 0 spiro atoms. The van der Waals surface area contributed by atoms with Gasteiger partial charge in [-0.1, -0.05) is 16.4 Å². The summed E-state index contributed by atoms with van der Waals surface area (Å²) in [5.41, 5.74) is 7.09. The number of aromatic nitrogens is 2. The number of hydrogen-bond donors (Lipinski definition) is 3. The van der Waals surface area contributed by atoms with Crippen LogP contribution in [-0.4, -0.2) is 28.3 Å². The zero-order chi connectivity index (χ0) is 14.4. The van der Waals surface area contributed by atoms with Gasteiger partial charge in [0.1, 0.15) is 5.75 Å². The Morgan fingerprint density at radius 1 is 1.50 bits per heavy atom. The summed E-state index contributed by atoms with van der Waals surface area (Å²) in [7, 11) is 1.53. The monoisotopic (exact) mass is 277 g/mol. The van der Waals surface area contributed by atoms with E-state index in [4.69, 9.17) is 15.7 Å². The maximum atomic E-state index is 8.70. The Morgan fingerprint density at radius 3 is 3.00 bits per heavy atom. The topological polar surface area (TPSA) is 119 Å². The molecule has 8 nitrogen and oxygen atoms in total. The van der Waals surface area contributed by atoms with Gasteiger partial charge in [0.05, 0.1) is 19.2 Å². The fraction of sp³-hybridized carbons (Fsp3) is 0.250. The number of hydrogen-bond acceptors (Lipinski definition) is 7. The minimum absolute atomic E-state index is 0.00755. The van der Waals surface area contributed by atoms with E-state index in [-0.39, 0.29) is 5.84 Å². The van der Waals surface area contributed by atoms with E-state index >= 15 is 0 Å². The van der Waals surface area contributed by atoms with Gasteiger partial charge in [-0.15, -0.1) is 0 Å². The molecule has 2 rings (SSSR count). The molecule has 4 N–H and O–H groups in total. The second-order valence-corrected chi connectivity index (χ2v) is 3.97. The number of benzene rings is 1. The summed E-state index contributed by atoms with van der Waals surface area (Å²) in [6.07, 6.45) is 1.28. The quantitative estimate of drug-likeness (QED) is 0.304. The predicted molar refractivity (Wildman–Crippen MR) is 70.3 cm³/mol. The van der Waals surface area contributed by atoms with Crippen molar-refractivity contribution in [2.24, 2.45) is 10.9 Å². The second kappa shape index (κ2) is 6.53. The van der Waals surface area contributed by atoms with Crippen LogP contribution in [0.5, 0.6) is 5.75 Å². The van der Waals surface area contributed by atoms with E-state index in [0.29, 0.717) is 30.2 Å². The van der Waals surface area contributed by atoms with Gasteiger partial charge in [0.15, 0.2) is 11.7 Å². The van der Waals surface area contributed by atoms with E-state index in [9.17, 15) is 0 Å². The molecule has 0 saturated carbocycles. The van der Waals surface area contributed by atoms with Crippen molar-refractivity contribution in [2.75, 3.05) is 7.11 Å². The van der Waals surface area contributed by atoms with E-state index in [0.717, 1.165) is 5.56 Å². The Hall–Kier alpha value is -2.61. The number of rotatable bonds is 6. The molecule has 0 saturated heterocycles. The molecule has 0 aliphatic carbocycles. The highest BCUT2D eigenvalue weighted by atomic mass is 16.5. The van der Waals surface area contributed by atoms with E-state index in [1.54, 1.807) is 6.07 Å². The van der Waals surface area contributed by atoms with E-state index < -0.39 is 0 Å². The van der Waals surface area contributed by atoms with Crippen LogP contribution in [0, 0.1) is 0 Å². The van der Waals surface area contributed by atoms with Gasteiger partial charge in [-0.05, 0) is 17.7 Å². The molecular weight excluding hydrogens is 262 g/mol. The van der Waals surface area contributed by atoms with Crippen LogP contribution in [0.1, 0.15) is 17.0 Å². The summed E-state index contributed by atoms with van der Waals surface area (Å²) in [5, 5.41) is 18.5. The summed E-state index contributed by atoms with van der Waals surface area (Å²) >= 11 is 0. The average Bonchev–Trinajstić information content (AvgIpc) is 2.99. The van der Waals surface area contributed by atoms with Gasteiger partial charge in [-0.2, -0.15) is 4.98 Å². The Bertz CT molecular complexity index is 583. The number of ether oxygens (including phenoxy) is 1. The van der Waals surface area contributed by atoms with Crippen LogP contribution in [0.4, 0.5) is 0 Å². The highest BCUT2D eigenvalue weighted by Gasteiger charge is 2.08. The third-order valence-electron chi connectivity index (χ3n) is 2.67. The Kier molecular flexibility index (Phi) is 4.51. The van der Waals surface area contributed by atoms with Crippen LogP contribution in [-0.2, 0) is 13.1 Å². The Balaban J connectivity index is 2.02. The molecule has 106 valence electrons. The van der Waals surface area contributed by atoms with Crippen molar-refractivity contribution in [1.82, 2.24) is 15.5 Å². The summed E-state index contributed by atoms with van der Waals surface area (Å²) in [4.78, 5) is 3.90. The summed E-state index contributed by atoms with van der Waals surface area (Å²) < 4.78 is 9.86. The smallest absolute Gasteiger partial charge is 0.213 e. The average molecular weight is 277 g/mol. The molecule has 0 unspecified atom stereocenters. The molecule has 8 heteroatoms. The largest absolute Gasteiger partial charge is 0.496 e. The molecule has 20 heavy (non-hydrogen) atoms. The third kappa shape index (κ3) is 3.23. The van der Waals surface area contributed by atoms with Crippen LogP contribution in [0.25, 0.3) is 0 Å². The lowest BCUT2D eigenvalue weighted by Crippen LogP contribution is -2.16. The molecule has 0 radical (unpaired) electrons. The van der Waals surface area contributed by atoms with Crippen LogP contribution >= 0.6 is 0 Å². The van der Waals surface area contributed by atoms with Crippen LogP contribution in [0.15, 0.2) is 34.3 Å². The van der Waals surface area contributed by atoms with Gasteiger partial charge >= 0.3 is 0 Å². The molecule has 0 fully saturated rings. The van der Waals surface area contributed by atoms with Gasteiger partial charge < -0.3 is 25.5 Å². The molecule has 0 aliphatic rings. The minimum Gasteiger partial charge on any atom is -0.496 e. The van der Waals surface area contributed by atoms with Gasteiger partial charge in [0.25, 0.3) is 0 Å². The van der Waals surface area contributed by atoms with E-state index in [1.165, 1.54) is 13.5 Å². The number of nitrogens with two attached hydrogens (primary N) is 1. The fourth-order valence-electron chi connectivity index (χ4n) is 1.70. The summed E-state index contributed by atoms with van der Waals surface area (Å²) in [6, 6.07) is 5.41. The van der Waals surface area contributed by atoms with Crippen molar-refractivity contribution in [1.29, 1.82) is 0 Å². The maximum absolute atomic E-state index is 8.70. The molecule has 0 atom stereocenters. The van der Waals surface area contributed by atoms with Crippen molar-refractivity contribution in [3.63, 3.8) is 0 Å². The first-order valence-corrected chi connectivity index (χ1v) is 5.85. The maximum Gasteiger partial charge on any atom is 0.213 e. The van der Waals surface area contributed by atoms with Crippen molar-refractivity contribution >= 4 is 5.84 Å². The lowest BCUT2D eigenvalue weighted by Gasteiger charge is -2.10. The van der Waals surface area contributed by atoms with Gasteiger partial charge in [-0.3, -0.25) is 0 Å². The zero-order valence-electron chi connectivity index (χ0n) is 10.9. The molecule has 1 aromatic carbocycles. The van der Waals surface area contributed by atoms with Gasteiger partial charge in [-0.25, -0.2) is 0 Å². The van der Waals surface area contributed by atoms with E-state index in [2.05, 4.69) is 25.1 Å². The summed E-state index contributed by atoms with van der Waals surface area (Å²) in [6.45, 7) is 1.10. The SMILES string of the molecule is COc1cc(CNCc2ncon2)ccc1/C(N)=N/O. The van der Waals surface area contributed by atoms with Crippen LogP contribution in [0.2, 0.25) is 0 Å². The Labute approximate surface area is 115 Å². The lowest BCUT2D eigenvalue weighted by atomic mass is 10.1. The molecule has 1 aromatic heterocycles. The molecule has 0 amide bonds. The second-order valence-electron chi connectivity index (χ2n) is 3.97. The van der Waals surface area contributed by atoms with E-state index in [1.807, 2.05) is 12.1 Å². The molecular formula is C12H15N5O3. The fourth-order valence-corrected chi connectivity index (χ4v) is 1.70. The molecule has 0 aliphatic heterocycles. The number of nitrogens with zero attached hydrogens (tertiary/aromatic N) is 3. The van der Waals surface area contributed by atoms with Crippen LogP contribution in [0.3, 0.4) is 0 Å². The van der Waals surface area contributed by atoms with Crippen molar-refractivity contribution in [2.45, 2.75) is 13.1 Å². The standard InChI is InChI=1S/C12H15N5O3/c1-19-10-4-8(2-3-9(10)12(13)16-18)5-14-6-11-15-7-20-17-11/h2-4,7,14,18H,5-6H2,1H3,(H2,13,16). The minimum atomic E-state index is 0.00755. The normalized spacial score (nSPS) is 11.6. The molecule has 2 aromatic rings. The first-order valence-electron chi connectivity index (χ1n) is 5.85. The number of nitrogens with one attached hydrogen (secondary N) is 1. The molecule has 1 heterocycles. The predicted octanol–water partition coefficient (Wildman–Crippen LogP) is 0.462. The number of amidine groups is 1. The first kappa shape index (κ1) is 13.8. The van der Waals surface area contributed by atoms with Crippen LogP contribution < -0.4 is 15.8 Å². The lowest BCUT2D eigenvalue weighted by molar-refractivity contribution is 0.318. The Morgan fingerprint density at radius 2 is 2.35 bits per heavy atom. The first-order chi connectivity index (χ1) is 9.74. The van der Waals surface area contributed by atoms with Crippen molar-refractivity contribution in [3.05, 3.63) is 41.5 Å². The van der Waals surface area contributed by atoms with Gasteiger partial charge in [0, 0.05) is 6.54 Å². The number of oxime groups is 1. The number of methoxy groups -OCH3 is 1. The van der Waals surface area contributed by atoms with Crippen molar-refractivity contribution < 1.29 is 14.5 Å². The van der Waals surface area contributed by atoms with Gasteiger partial charge in [0.2, 0.25) is 6.39 Å². The zero-order valence-corrected chi connectivity index (χ0v) is 10.9. The highest BCUT2D eigenvalue weighted by molar-refractivity contribution is 5.99. The van der Waals surface area contributed by atoms with Crippen molar-refractivity contribution in [3.8, 4) is 5.75 Å². The highest BCUT2D eigenvalue weighted by Crippen LogP contribution is 2.20. The molecule has 0 bridgehead atoms. The summed E-state index contributed by atoms with van der Waals surface area (Å²) in [5.74, 6) is 1.14.